The fraction of sp³-hybridized carbons (Fsp3) is 0.103. The van der Waals surface area contributed by atoms with Gasteiger partial charge in [0.15, 0.2) is 0 Å². The van der Waals surface area contributed by atoms with Gasteiger partial charge in [-0.1, -0.05) is 72.8 Å². The van der Waals surface area contributed by atoms with Gasteiger partial charge in [-0.25, -0.2) is 10.1 Å². The van der Waals surface area contributed by atoms with Gasteiger partial charge in [0, 0.05) is 24.1 Å². The van der Waals surface area contributed by atoms with Gasteiger partial charge >= 0.3 is 0 Å². The smallest absolute Gasteiger partial charge is 0.279 e. The molecule has 0 spiro atoms. The number of nitrogens with one attached hydrogen (secondary N) is 2. The van der Waals surface area contributed by atoms with Crippen LogP contribution >= 0.6 is 0 Å². The lowest BCUT2D eigenvalue weighted by Crippen LogP contribution is -2.26. The molecule has 0 amide bonds. The van der Waals surface area contributed by atoms with Crippen molar-refractivity contribution in [1.29, 1.82) is 0 Å². The molecule has 3 aromatic carbocycles. The number of allylic oxidation sites excluding steroid dienone is 1. The lowest BCUT2D eigenvalue weighted by atomic mass is 9.89. The number of hydrogen-bond donors (Lipinski definition) is 2. The van der Waals surface area contributed by atoms with Crippen molar-refractivity contribution in [1.82, 2.24) is 25.0 Å². The second-order valence-electron chi connectivity index (χ2n) is 8.69. The minimum atomic E-state index is -0.167. The molecule has 1 aliphatic rings. The summed E-state index contributed by atoms with van der Waals surface area (Å²) in [4.78, 5) is 18.3. The van der Waals surface area contributed by atoms with E-state index in [0.717, 1.165) is 45.0 Å². The number of H-pyrrole nitrogens is 1. The number of fused-ring (bicyclic) bond motifs is 1. The van der Waals surface area contributed by atoms with E-state index < -0.39 is 0 Å². The van der Waals surface area contributed by atoms with Crippen molar-refractivity contribution in [3.63, 3.8) is 0 Å². The Balaban J connectivity index is 1.51. The van der Waals surface area contributed by atoms with Gasteiger partial charge in [0.05, 0.1) is 18.4 Å². The standard InChI is InChI=1S/C29H24N6O2/c1-37-23-14-12-20(13-15-23)25-22(17-30-29-31-18-32-33-29)16-24-26(19-8-4-2-5-9-19)27(34-35(24)28(25)36)21-10-6-3-7-11-21/h2-15,18H,16-17H2,1H3,(H2,30,31,32,33). The van der Waals surface area contributed by atoms with Gasteiger partial charge in [0.25, 0.3) is 5.91 Å². The van der Waals surface area contributed by atoms with Crippen LogP contribution in [0.25, 0.3) is 28.0 Å². The van der Waals surface area contributed by atoms with Crippen molar-refractivity contribution in [3.8, 4) is 28.1 Å². The Labute approximate surface area is 213 Å². The average Bonchev–Trinajstić information content (AvgIpc) is 3.61. The molecule has 37 heavy (non-hydrogen) atoms. The van der Waals surface area contributed by atoms with Crippen LogP contribution in [-0.2, 0) is 6.42 Å². The van der Waals surface area contributed by atoms with Gasteiger partial charge in [0.2, 0.25) is 5.95 Å². The summed E-state index contributed by atoms with van der Waals surface area (Å²) in [5.74, 6) is 1.10. The van der Waals surface area contributed by atoms with Gasteiger partial charge in [-0.05, 0) is 28.8 Å². The van der Waals surface area contributed by atoms with Crippen LogP contribution < -0.4 is 10.1 Å². The first kappa shape index (κ1) is 22.5. The maximum Gasteiger partial charge on any atom is 0.279 e. The van der Waals surface area contributed by atoms with Gasteiger partial charge in [-0.2, -0.15) is 14.9 Å². The zero-order valence-corrected chi connectivity index (χ0v) is 20.2. The molecule has 0 radical (unpaired) electrons. The first-order valence-electron chi connectivity index (χ1n) is 12.0. The van der Waals surface area contributed by atoms with Crippen molar-refractivity contribution in [2.45, 2.75) is 6.42 Å². The molecule has 0 bridgehead atoms. The number of methoxy groups -OCH3 is 1. The predicted molar refractivity (Wildman–Crippen MR) is 142 cm³/mol. The van der Waals surface area contributed by atoms with Gasteiger partial charge in [-0.15, -0.1) is 0 Å². The first-order valence-corrected chi connectivity index (χ1v) is 12.0. The Bertz CT molecular complexity index is 1570. The van der Waals surface area contributed by atoms with Crippen LogP contribution in [0.5, 0.6) is 5.75 Å². The third-order valence-corrected chi connectivity index (χ3v) is 6.49. The molecule has 0 fully saturated rings. The number of aromatic nitrogens is 5. The number of anilines is 1. The van der Waals surface area contributed by atoms with Crippen molar-refractivity contribution in [3.05, 3.63) is 108 Å². The number of benzene rings is 3. The third-order valence-electron chi connectivity index (χ3n) is 6.49. The summed E-state index contributed by atoms with van der Waals surface area (Å²) in [6.45, 7) is 0.419. The van der Waals surface area contributed by atoms with Gasteiger partial charge in [0.1, 0.15) is 17.8 Å². The minimum absolute atomic E-state index is 0.167. The van der Waals surface area contributed by atoms with E-state index in [0.29, 0.717) is 24.5 Å². The van der Waals surface area contributed by atoms with Crippen LogP contribution in [0.3, 0.4) is 0 Å². The van der Waals surface area contributed by atoms with Crippen molar-refractivity contribution < 1.29 is 9.53 Å². The summed E-state index contributed by atoms with van der Waals surface area (Å²) in [6, 6.07) is 27.6. The Hall–Kier alpha value is -4.98. The number of nitrogens with zero attached hydrogens (tertiary/aromatic N) is 4. The van der Waals surface area contributed by atoms with E-state index in [1.165, 1.54) is 6.33 Å². The maximum absolute atomic E-state index is 14.1. The van der Waals surface area contributed by atoms with Crippen molar-refractivity contribution in [2.75, 3.05) is 19.0 Å². The second kappa shape index (κ2) is 9.58. The molecule has 3 heterocycles. The molecule has 8 heteroatoms. The molecule has 0 saturated carbocycles. The zero-order valence-electron chi connectivity index (χ0n) is 20.2. The van der Waals surface area contributed by atoms with Crippen molar-refractivity contribution in [2.24, 2.45) is 0 Å². The van der Waals surface area contributed by atoms with E-state index >= 15 is 0 Å². The van der Waals surface area contributed by atoms with Gasteiger partial charge < -0.3 is 10.1 Å². The molecule has 8 nitrogen and oxygen atoms in total. The first-order chi connectivity index (χ1) is 18.2. The van der Waals surface area contributed by atoms with Gasteiger partial charge in [-0.3, -0.25) is 4.79 Å². The maximum atomic E-state index is 14.1. The number of carbonyl (C=O) groups excluding carboxylic acids is 1. The summed E-state index contributed by atoms with van der Waals surface area (Å²) in [6.07, 6.45) is 1.99. The Kier molecular flexibility index (Phi) is 5.82. The highest BCUT2D eigenvalue weighted by Gasteiger charge is 2.32. The summed E-state index contributed by atoms with van der Waals surface area (Å²) in [7, 11) is 1.62. The highest BCUT2D eigenvalue weighted by atomic mass is 16.5. The second-order valence-corrected chi connectivity index (χ2v) is 8.69. The highest BCUT2D eigenvalue weighted by Crippen LogP contribution is 2.40. The summed E-state index contributed by atoms with van der Waals surface area (Å²) in [5, 5.41) is 14.9. The van der Waals surface area contributed by atoms with Crippen LogP contribution in [0.2, 0.25) is 0 Å². The van der Waals surface area contributed by atoms with E-state index in [2.05, 4.69) is 32.6 Å². The van der Waals surface area contributed by atoms with Crippen LogP contribution in [-0.4, -0.2) is 44.5 Å². The summed E-state index contributed by atoms with van der Waals surface area (Å²) in [5.41, 5.74) is 6.96. The van der Waals surface area contributed by atoms with Crippen LogP contribution in [0.4, 0.5) is 5.95 Å². The van der Waals surface area contributed by atoms with Crippen molar-refractivity contribution >= 4 is 17.4 Å². The molecule has 1 aliphatic heterocycles. The van der Waals surface area contributed by atoms with E-state index in [1.807, 2.05) is 72.8 Å². The molecule has 0 saturated heterocycles. The molecule has 0 aliphatic carbocycles. The number of aromatic amines is 1. The number of rotatable bonds is 7. The zero-order chi connectivity index (χ0) is 25.2. The number of hydrogen-bond acceptors (Lipinski definition) is 6. The monoisotopic (exact) mass is 488 g/mol. The SMILES string of the molecule is COc1ccc(C2=C(CNc3ncn[nH]3)Cc3c(-c4ccccc4)c(-c4ccccc4)nn3C2=O)cc1. The number of ether oxygens (including phenoxy) is 1. The molecule has 0 atom stereocenters. The molecular weight excluding hydrogens is 464 g/mol. The minimum Gasteiger partial charge on any atom is -0.497 e. The van der Waals surface area contributed by atoms with Crippen LogP contribution in [0.1, 0.15) is 16.1 Å². The molecule has 2 aromatic heterocycles. The normalized spacial score (nSPS) is 12.9. The van der Waals surface area contributed by atoms with Crippen LogP contribution in [0, 0.1) is 0 Å². The van der Waals surface area contributed by atoms with E-state index in [-0.39, 0.29) is 5.91 Å². The molecule has 2 N–H and O–H groups in total. The average molecular weight is 489 g/mol. The lowest BCUT2D eigenvalue weighted by Gasteiger charge is -2.22. The highest BCUT2D eigenvalue weighted by molar-refractivity contribution is 6.23. The lowest BCUT2D eigenvalue weighted by molar-refractivity contribution is 0.0958. The summed E-state index contributed by atoms with van der Waals surface area (Å²) < 4.78 is 6.90. The topological polar surface area (TPSA) is 97.7 Å². The van der Waals surface area contributed by atoms with E-state index in [9.17, 15) is 4.79 Å². The Morgan fingerprint density at radius 3 is 2.27 bits per heavy atom. The third kappa shape index (κ3) is 4.18. The predicted octanol–water partition coefficient (Wildman–Crippen LogP) is 5.11. The molecule has 182 valence electrons. The fourth-order valence-electron chi connectivity index (χ4n) is 4.76. The van der Waals surface area contributed by atoms with E-state index in [1.54, 1.807) is 11.8 Å². The Morgan fingerprint density at radius 1 is 0.919 bits per heavy atom. The molecule has 0 unspecified atom stereocenters. The summed E-state index contributed by atoms with van der Waals surface area (Å²) >= 11 is 0. The fourth-order valence-corrected chi connectivity index (χ4v) is 4.76. The molecule has 6 rings (SSSR count). The number of carbonyl (C=O) groups is 1. The molecule has 5 aromatic rings. The van der Waals surface area contributed by atoms with Crippen LogP contribution in [0.15, 0.2) is 96.8 Å². The van der Waals surface area contributed by atoms with E-state index in [4.69, 9.17) is 9.84 Å². The Morgan fingerprint density at radius 2 is 1.62 bits per heavy atom. The molecular formula is C29H24N6O2. The quantitative estimate of drug-likeness (QED) is 0.331. The largest absolute Gasteiger partial charge is 0.497 e.